The van der Waals surface area contributed by atoms with Gasteiger partial charge in [0.05, 0.1) is 6.54 Å². The molecule has 25 heavy (non-hydrogen) atoms. The average molecular weight is 334 g/mol. The molecular formula is C21H22N2O2. The number of nitrogens with one attached hydrogen (secondary N) is 1. The van der Waals surface area contributed by atoms with Crippen LogP contribution >= 0.6 is 0 Å². The summed E-state index contributed by atoms with van der Waals surface area (Å²) < 4.78 is 0. The molecule has 0 radical (unpaired) electrons. The average Bonchev–Trinajstić information content (AvgIpc) is 3.09. The van der Waals surface area contributed by atoms with Gasteiger partial charge in [-0.1, -0.05) is 62.4 Å². The lowest BCUT2D eigenvalue weighted by molar-refractivity contribution is -0.132. The first-order valence-corrected chi connectivity index (χ1v) is 8.82. The van der Waals surface area contributed by atoms with E-state index in [-0.39, 0.29) is 11.9 Å². The zero-order valence-corrected chi connectivity index (χ0v) is 14.6. The minimum atomic E-state index is -0.869. The highest BCUT2D eigenvalue weighted by Gasteiger charge is 2.55. The molecular weight excluding hydrogens is 312 g/mol. The summed E-state index contributed by atoms with van der Waals surface area (Å²) in [7, 11) is 0. The van der Waals surface area contributed by atoms with Gasteiger partial charge in [0, 0.05) is 0 Å². The van der Waals surface area contributed by atoms with Gasteiger partial charge in [0.2, 0.25) is 0 Å². The number of carbonyl (C=O) groups is 2. The lowest BCUT2D eigenvalue weighted by Gasteiger charge is -2.22. The van der Waals surface area contributed by atoms with E-state index in [1.807, 2.05) is 36.4 Å². The molecule has 128 valence electrons. The zero-order valence-electron chi connectivity index (χ0n) is 14.6. The van der Waals surface area contributed by atoms with Crippen LogP contribution in [-0.4, -0.2) is 16.8 Å². The first-order chi connectivity index (χ1) is 12.0. The number of rotatable bonds is 3. The van der Waals surface area contributed by atoms with Crippen molar-refractivity contribution in [3.05, 3.63) is 70.8 Å². The van der Waals surface area contributed by atoms with E-state index in [0.717, 1.165) is 23.1 Å². The van der Waals surface area contributed by atoms with Gasteiger partial charge in [-0.2, -0.15) is 0 Å². The Kier molecular flexibility index (Phi) is 3.64. The predicted octanol–water partition coefficient (Wildman–Crippen LogP) is 3.70. The maximum Gasteiger partial charge on any atom is 0.325 e. The van der Waals surface area contributed by atoms with Crippen molar-refractivity contribution < 1.29 is 9.59 Å². The predicted molar refractivity (Wildman–Crippen MR) is 96.1 cm³/mol. The quantitative estimate of drug-likeness (QED) is 0.870. The second-order valence-corrected chi connectivity index (χ2v) is 7.28. The van der Waals surface area contributed by atoms with E-state index in [9.17, 15) is 9.59 Å². The Hall–Kier alpha value is -2.62. The highest BCUT2D eigenvalue weighted by Crippen LogP contribution is 2.41. The van der Waals surface area contributed by atoms with Gasteiger partial charge in [-0.25, -0.2) is 4.79 Å². The Labute approximate surface area is 147 Å². The summed E-state index contributed by atoms with van der Waals surface area (Å²) in [6.45, 7) is 4.61. The van der Waals surface area contributed by atoms with E-state index in [1.165, 1.54) is 10.5 Å². The Bertz CT molecular complexity index is 841. The van der Waals surface area contributed by atoms with Crippen LogP contribution in [-0.2, 0) is 23.3 Å². The van der Waals surface area contributed by atoms with Crippen LogP contribution in [0.1, 0.15) is 48.4 Å². The third-order valence-electron chi connectivity index (χ3n) is 5.41. The third-order valence-corrected chi connectivity index (χ3v) is 5.41. The number of amides is 3. The number of urea groups is 1. The fraction of sp³-hybridized carbons (Fsp3) is 0.333. The van der Waals surface area contributed by atoms with Crippen LogP contribution in [0.4, 0.5) is 4.79 Å². The van der Waals surface area contributed by atoms with Crippen LogP contribution in [0.3, 0.4) is 0 Å². The maximum absolute atomic E-state index is 13.1. The molecule has 0 unspecified atom stereocenters. The zero-order chi connectivity index (χ0) is 17.6. The molecule has 1 fully saturated rings. The summed E-state index contributed by atoms with van der Waals surface area (Å²) >= 11 is 0. The molecule has 1 aliphatic heterocycles. The molecule has 0 saturated carbocycles. The smallest absolute Gasteiger partial charge is 0.319 e. The van der Waals surface area contributed by atoms with Gasteiger partial charge >= 0.3 is 6.03 Å². The Balaban J connectivity index is 1.60. The van der Waals surface area contributed by atoms with Crippen molar-refractivity contribution in [3.63, 3.8) is 0 Å². The Morgan fingerprint density at radius 2 is 1.80 bits per heavy atom. The molecule has 0 bridgehead atoms. The van der Waals surface area contributed by atoms with Crippen molar-refractivity contribution in [1.29, 1.82) is 0 Å². The molecule has 4 nitrogen and oxygen atoms in total. The van der Waals surface area contributed by atoms with Crippen molar-refractivity contribution in [3.8, 4) is 0 Å². The third kappa shape index (κ3) is 2.44. The highest BCUT2D eigenvalue weighted by molar-refractivity contribution is 6.08. The summed E-state index contributed by atoms with van der Waals surface area (Å²) in [5.41, 5.74) is 3.45. The van der Waals surface area contributed by atoms with Crippen LogP contribution in [0.15, 0.2) is 48.5 Å². The number of carbonyl (C=O) groups excluding carboxylic acids is 2. The molecule has 1 spiro atoms. The van der Waals surface area contributed by atoms with Crippen molar-refractivity contribution in [2.75, 3.05) is 0 Å². The molecule has 4 rings (SSSR count). The first-order valence-electron chi connectivity index (χ1n) is 8.82. The number of imide groups is 1. The van der Waals surface area contributed by atoms with Gasteiger partial charge in [-0.15, -0.1) is 0 Å². The Morgan fingerprint density at radius 3 is 2.52 bits per heavy atom. The van der Waals surface area contributed by atoms with E-state index in [4.69, 9.17) is 0 Å². The molecule has 1 saturated heterocycles. The standard InChI is InChI=1S/C21H22N2O2/c1-14(2)16-9-7-15(8-10-16)13-23-19(24)21(22-20(23)25)12-11-17-5-3-4-6-18(17)21/h3-10,14H,11-13H2,1-2H3,(H,22,25)/t21-/m1/s1. The fourth-order valence-electron chi connectivity index (χ4n) is 3.92. The number of fused-ring (bicyclic) bond motifs is 2. The maximum atomic E-state index is 13.1. The summed E-state index contributed by atoms with van der Waals surface area (Å²) in [5, 5.41) is 2.97. The van der Waals surface area contributed by atoms with Crippen molar-refractivity contribution in [2.45, 2.75) is 44.7 Å². The van der Waals surface area contributed by atoms with Gasteiger partial charge in [0.1, 0.15) is 5.54 Å². The van der Waals surface area contributed by atoms with Crippen LogP contribution < -0.4 is 5.32 Å². The van der Waals surface area contributed by atoms with E-state index in [1.54, 1.807) is 0 Å². The van der Waals surface area contributed by atoms with Crippen LogP contribution in [0.2, 0.25) is 0 Å². The second kappa shape index (κ2) is 5.73. The van der Waals surface area contributed by atoms with Crippen LogP contribution in [0.25, 0.3) is 0 Å². The monoisotopic (exact) mass is 334 g/mol. The van der Waals surface area contributed by atoms with E-state index in [0.29, 0.717) is 18.9 Å². The molecule has 2 aromatic rings. The highest BCUT2D eigenvalue weighted by atomic mass is 16.2. The lowest BCUT2D eigenvalue weighted by Crippen LogP contribution is -2.41. The number of nitrogens with zero attached hydrogens (tertiary/aromatic N) is 1. The summed E-state index contributed by atoms with van der Waals surface area (Å²) in [6.07, 6.45) is 1.46. The number of benzene rings is 2. The van der Waals surface area contributed by atoms with Gasteiger partial charge < -0.3 is 5.32 Å². The second-order valence-electron chi connectivity index (χ2n) is 7.28. The molecule has 1 N–H and O–H groups in total. The first kappa shape index (κ1) is 15.9. The summed E-state index contributed by atoms with van der Waals surface area (Å²) in [4.78, 5) is 27.0. The van der Waals surface area contributed by atoms with Crippen molar-refractivity contribution in [2.24, 2.45) is 0 Å². The fourth-order valence-corrected chi connectivity index (χ4v) is 3.92. The molecule has 1 atom stereocenters. The largest absolute Gasteiger partial charge is 0.325 e. The van der Waals surface area contributed by atoms with Gasteiger partial charge in [-0.3, -0.25) is 9.69 Å². The van der Waals surface area contributed by atoms with Gasteiger partial charge in [0.15, 0.2) is 0 Å². The minimum absolute atomic E-state index is 0.129. The van der Waals surface area contributed by atoms with Gasteiger partial charge in [-0.05, 0) is 41.0 Å². The number of hydrogen-bond donors (Lipinski definition) is 1. The normalized spacial score (nSPS) is 22.0. The number of hydrogen-bond acceptors (Lipinski definition) is 2. The molecule has 1 aliphatic carbocycles. The van der Waals surface area contributed by atoms with Crippen LogP contribution in [0.5, 0.6) is 0 Å². The van der Waals surface area contributed by atoms with E-state index in [2.05, 4.69) is 31.3 Å². The molecule has 1 heterocycles. The van der Waals surface area contributed by atoms with E-state index >= 15 is 0 Å². The SMILES string of the molecule is CC(C)c1ccc(CN2C(=O)N[C@@]3(CCc4ccccc43)C2=O)cc1. The summed E-state index contributed by atoms with van der Waals surface area (Å²) in [5.74, 6) is 0.333. The van der Waals surface area contributed by atoms with Crippen molar-refractivity contribution >= 4 is 11.9 Å². The molecule has 3 amide bonds. The molecule has 2 aromatic carbocycles. The molecule has 0 aromatic heterocycles. The summed E-state index contributed by atoms with van der Waals surface area (Å²) in [6, 6.07) is 15.8. The molecule has 4 heteroatoms. The minimum Gasteiger partial charge on any atom is -0.319 e. The lowest BCUT2D eigenvalue weighted by atomic mass is 9.92. The molecule has 2 aliphatic rings. The van der Waals surface area contributed by atoms with Crippen LogP contribution in [0, 0.1) is 0 Å². The number of aryl methyl sites for hydroxylation is 1. The van der Waals surface area contributed by atoms with E-state index < -0.39 is 5.54 Å². The van der Waals surface area contributed by atoms with Gasteiger partial charge in [0.25, 0.3) is 5.91 Å². The van der Waals surface area contributed by atoms with Crippen molar-refractivity contribution in [1.82, 2.24) is 10.2 Å². The topological polar surface area (TPSA) is 49.4 Å². The Morgan fingerprint density at radius 1 is 1.08 bits per heavy atom.